The zero-order chi connectivity index (χ0) is 12.6. The molecule has 3 nitrogen and oxygen atoms in total. The zero-order valence-electron chi connectivity index (χ0n) is 10.1. The quantitative estimate of drug-likeness (QED) is 0.925. The minimum absolute atomic E-state index is 0.655. The van der Waals surface area contributed by atoms with E-state index in [9.17, 15) is 5.11 Å². The first-order chi connectivity index (χ1) is 8.02. The van der Waals surface area contributed by atoms with Gasteiger partial charge in [-0.1, -0.05) is 18.2 Å². The van der Waals surface area contributed by atoms with Crippen LogP contribution in [0.2, 0.25) is 0 Å². The molecule has 1 aromatic carbocycles. The minimum Gasteiger partial charge on any atom is -0.382 e. The molecule has 0 saturated carbocycles. The highest BCUT2D eigenvalue weighted by molar-refractivity contribution is 9.10. The first kappa shape index (κ1) is 12.3. The molecule has 0 spiro atoms. The first-order valence-electron chi connectivity index (χ1n) is 5.44. The van der Waals surface area contributed by atoms with Crippen LogP contribution in [0, 0.1) is 13.8 Å². The molecule has 1 atom stereocenters. The van der Waals surface area contributed by atoms with Crippen LogP contribution in [0.1, 0.15) is 28.5 Å². The predicted molar refractivity (Wildman–Crippen MR) is 70.9 cm³/mol. The Balaban J connectivity index is 2.55. The van der Waals surface area contributed by atoms with Gasteiger partial charge >= 0.3 is 0 Å². The monoisotopic (exact) mass is 294 g/mol. The molecule has 1 heterocycles. The van der Waals surface area contributed by atoms with Crippen LogP contribution in [-0.4, -0.2) is 14.9 Å². The fourth-order valence-electron chi connectivity index (χ4n) is 2.12. The number of hydrogen-bond donors (Lipinski definition) is 1. The van der Waals surface area contributed by atoms with Crippen molar-refractivity contribution in [2.45, 2.75) is 20.0 Å². The van der Waals surface area contributed by atoms with Crippen molar-refractivity contribution in [3.05, 3.63) is 51.3 Å². The van der Waals surface area contributed by atoms with Crippen molar-refractivity contribution in [2.24, 2.45) is 7.05 Å². The van der Waals surface area contributed by atoms with Gasteiger partial charge in [0.05, 0.1) is 16.4 Å². The molecule has 0 bridgehead atoms. The maximum absolute atomic E-state index is 10.5. The Bertz CT molecular complexity index is 509. The van der Waals surface area contributed by atoms with Crippen LogP contribution in [-0.2, 0) is 7.05 Å². The molecule has 2 aromatic rings. The van der Waals surface area contributed by atoms with Gasteiger partial charge in [-0.3, -0.25) is 4.68 Å². The summed E-state index contributed by atoms with van der Waals surface area (Å²) in [5.74, 6) is 0. The third kappa shape index (κ3) is 2.15. The Kier molecular flexibility index (Phi) is 3.35. The molecular weight excluding hydrogens is 280 g/mol. The number of aliphatic hydroxyl groups excluding tert-OH is 1. The number of aliphatic hydroxyl groups is 1. The van der Waals surface area contributed by atoms with Crippen LogP contribution in [0.3, 0.4) is 0 Å². The van der Waals surface area contributed by atoms with E-state index >= 15 is 0 Å². The summed E-state index contributed by atoms with van der Waals surface area (Å²) in [5.41, 5.74) is 3.91. The van der Waals surface area contributed by atoms with Gasteiger partial charge in [-0.25, -0.2) is 0 Å². The third-order valence-electron chi connectivity index (χ3n) is 3.01. The summed E-state index contributed by atoms with van der Waals surface area (Å²) in [6, 6.07) is 6.02. The normalized spacial score (nSPS) is 12.8. The van der Waals surface area contributed by atoms with Crippen LogP contribution in [0.15, 0.2) is 28.9 Å². The van der Waals surface area contributed by atoms with E-state index in [1.54, 1.807) is 10.9 Å². The molecule has 0 radical (unpaired) electrons. The zero-order valence-corrected chi connectivity index (χ0v) is 11.7. The Morgan fingerprint density at radius 3 is 2.35 bits per heavy atom. The number of hydrogen-bond acceptors (Lipinski definition) is 2. The average molecular weight is 295 g/mol. The van der Waals surface area contributed by atoms with Crippen LogP contribution >= 0.6 is 15.9 Å². The van der Waals surface area contributed by atoms with Crippen molar-refractivity contribution in [1.29, 1.82) is 0 Å². The van der Waals surface area contributed by atoms with Crippen molar-refractivity contribution in [3.63, 3.8) is 0 Å². The van der Waals surface area contributed by atoms with Gasteiger partial charge in [0, 0.05) is 7.05 Å². The molecule has 0 aliphatic heterocycles. The van der Waals surface area contributed by atoms with E-state index in [2.05, 4.69) is 21.0 Å². The van der Waals surface area contributed by atoms with Gasteiger partial charge in [0.2, 0.25) is 0 Å². The summed E-state index contributed by atoms with van der Waals surface area (Å²) in [5, 5.41) is 14.6. The predicted octanol–water partition coefficient (Wildman–Crippen LogP) is 2.88. The Morgan fingerprint density at radius 1 is 1.29 bits per heavy atom. The summed E-state index contributed by atoms with van der Waals surface area (Å²) in [4.78, 5) is 0. The van der Waals surface area contributed by atoms with Gasteiger partial charge in [0.15, 0.2) is 0 Å². The second-order valence-corrected chi connectivity index (χ2v) is 5.06. The molecule has 1 unspecified atom stereocenters. The molecule has 0 aliphatic rings. The van der Waals surface area contributed by atoms with Crippen LogP contribution < -0.4 is 0 Å². The molecule has 17 heavy (non-hydrogen) atoms. The van der Waals surface area contributed by atoms with Gasteiger partial charge in [-0.2, -0.15) is 5.10 Å². The second-order valence-electron chi connectivity index (χ2n) is 4.21. The van der Waals surface area contributed by atoms with Crippen molar-refractivity contribution < 1.29 is 5.11 Å². The maximum Gasteiger partial charge on any atom is 0.122 e. The fraction of sp³-hybridized carbons (Fsp3) is 0.308. The van der Waals surface area contributed by atoms with Crippen molar-refractivity contribution in [1.82, 2.24) is 9.78 Å². The largest absolute Gasteiger partial charge is 0.382 e. The van der Waals surface area contributed by atoms with E-state index < -0.39 is 6.10 Å². The minimum atomic E-state index is -0.655. The number of halogens is 1. The fourth-order valence-corrected chi connectivity index (χ4v) is 2.69. The molecule has 2 rings (SSSR count). The molecule has 0 amide bonds. The van der Waals surface area contributed by atoms with Gasteiger partial charge < -0.3 is 5.11 Å². The SMILES string of the molecule is Cc1cccc(C)c1C(O)c1c(Br)cnn1C. The van der Waals surface area contributed by atoms with E-state index in [4.69, 9.17) is 0 Å². The van der Waals surface area contributed by atoms with Gasteiger partial charge in [-0.05, 0) is 46.5 Å². The molecule has 1 aromatic heterocycles. The Labute approximate surface area is 109 Å². The first-order valence-corrected chi connectivity index (χ1v) is 6.23. The lowest BCUT2D eigenvalue weighted by Crippen LogP contribution is -2.10. The summed E-state index contributed by atoms with van der Waals surface area (Å²) in [7, 11) is 1.83. The van der Waals surface area contributed by atoms with E-state index in [-0.39, 0.29) is 0 Å². The van der Waals surface area contributed by atoms with E-state index in [1.165, 1.54) is 0 Å². The summed E-state index contributed by atoms with van der Waals surface area (Å²) < 4.78 is 2.52. The van der Waals surface area contributed by atoms with Gasteiger partial charge in [0.25, 0.3) is 0 Å². The molecule has 4 heteroatoms. The molecule has 90 valence electrons. The number of rotatable bonds is 2. The van der Waals surface area contributed by atoms with Crippen molar-refractivity contribution in [3.8, 4) is 0 Å². The third-order valence-corrected chi connectivity index (χ3v) is 3.62. The van der Waals surface area contributed by atoms with E-state index in [0.717, 1.165) is 26.9 Å². The van der Waals surface area contributed by atoms with E-state index in [0.29, 0.717) is 0 Å². The molecular formula is C13H15BrN2O. The van der Waals surface area contributed by atoms with Crippen LogP contribution in [0.5, 0.6) is 0 Å². The Morgan fingerprint density at radius 2 is 1.88 bits per heavy atom. The average Bonchev–Trinajstić information content (AvgIpc) is 2.58. The van der Waals surface area contributed by atoms with Crippen LogP contribution in [0.25, 0.3) is 0 Å². The summed E-state index contributed by atoms with van der Waals surface area (Å²) in [6.45, 7) is 4.02. The number of nitrogens with zero attached hydrogens (tertiary/aromatic N) is 2. The number of aromatic nitrogens is 2. The highest BCUT2D eigenvalue weighted by atomic mass is 79.9. The molecule has 0 fully saturated rings. The lowest BCUT2D eigenvalue weighted by Gasteiger charge is -2.17. The second kappa shape index (κ2) is 4.63. The highest BCUT2D eigenvalue weighted by Gasteiger charge is 2.21. The van der Waals surface area contributed by atoms with Crippen molar-refractivity contribution in [2.75, 3.05) is 0 Å². The smallest absolute Gasteiger partial charge is 0.122 e. The van der Waals surface area contributed by atoms with E-state index in [1.807, 2.05) is 39.1 Å². The number of benzene rings is 1. The van der Waals surface area contributed by atoms with Gasteiger partial charge in [-0.15, -0.1) is 0 Å². The Hall–Kier alpha value is -1.13. The molecule has 0 saturated heterocycles. The summed E-state index contributed by atoms with van der Waals surface area (Å²) >= 11 is 3.42. The van der Waals surface area contributed by atoms with Crippen LogP contribution in [0.4, 0.5) is 0 Å². The van der Waals surface area contributed by atoms with Crippen molar-refractivity contribution >= 4 is 15.9 Å². The standard InChI is InChI=1S/C13H15BrN2O/c1-8-5-4-6-9(2)11(8)13(17)12-10(14)7-15-16(12)3/h4-7,13,17H,1-3H3. The number of aryl methyl sites for hydroxylation is 3. The summed E-state index contributed by atoms with van der Waals surface area (Å²) in [6.07, 6.45) is 1.05. The molecule has 1 N–H and O–H groups in total. The topological polar surface area (TPSA) is 38.1 Å². The maximum atomic E-state index is 10.5. The highest BCUT2D eigenvalue weighted by Crippen LogP contribution is 2.31. The van der Waals surface area contributed by atoms with Gasteiger partial charge in [0.1, 0.15) is 6.10 Å². The lowest BCUT2D eigenvalue weighted by molar-refractivity contribution is 0.207. The molecule has 0 aliphatic carbocycles. The lowest BCUT2D eigenvalue weighted by atomic mass is 9.96.